The van der Waals surface area contributed by atoms with Gasteiger partial charge < -0.3 is 5.32 Å². The summed E-state index contributed by atoms with van der Waals surface area (Å²) in [6, 6.07) is 14.9. The highest BCUT2D eigenvalue weighted by Crippen LogP contribution is 2.26. The number of hydrogen-bond acceptors (Lipinski definition) is 2. The highest BCUT2D eigenvalue weighted by atomic mass is 32.2. The van der Waals surface area contributed by atoms with Crippen LogP contribution in [0, 0.1) is 0 Å². The maximum absolute atomic E-state index is 12.5. The Balaban J connectivity index is 2.39. The van der Waals surface area contributed by atoms with Crippen LogP contribution in [0.2, 0.25) is 0 Å². The van der Waals surface area contributed by atoms with Crippen molar-refractivity contribution in [2.75, 3.05) is 12.3 Å². The van der Waals surface area contributed by atoms with Crippen LogP contribution >= 0.6 is 0 Å². The normalized spacial score (nSPS) is 15.0. The van der Waals surface area contributed by atoms with E-state index in [9.17, 15) is 4.21 Å². The minimum atomic E-state index is -0.875. The molecule has 2 nitrogen and oxygen atoms in total. The van der Waals surface area contributed by atoms with Crippen LogP contribution in [-0.4, -0.2) is 21.3 Å². The predicted molar refractivity (Wildman–Crippen MR) is 93.1 cm³/mol. The van der Waals surface area contributed by atoms with Gasteiger partial charge in [0, 0.05) is 27.3 Å². The van der Waals surface area contributed by atoms with Crippen LogP contribution in [0.4, 0.5) is 0 Å². The second-order valence-corrected chi connectivity index (χ2v) is 8.55. The van der Waals surface area contributed by atoms with Gasteiger partial charge in [-0.15, -0.1) is 0 Å². The van der Waals surface area contributed by atoms with E-state index in [-0.39, 0.29) is 10.8 Å². The van der Waals surface area contributed by atoms with Gasteiger partial charge in [0.15, 0.2) is 0 Å². The Morgan fingerprint density at radius 3 is 2.43 bits per heavy atom. The van der Waals surface area contributed by atoms with E-state index in [2.05, 4.69) is 54.7 Å². The first-order valence-corrected chi connectivity index (χ1v) is 8.85. The number of hydrogen-bond donors (Lipinski definition) is 1. The fourth-order valence-corrected chi connectivity index (χ4v) is 3.56. The molecule has 0 aromatic heterocycles. The van der Waals surface area contributed by atoms with Crippen molar-refractivity contribution in [1.82, 2.24) is 5.32 Å². The van der Waals surface area contributed by atoms with E-state index in [4.69, 9.17) is 0 Å². The smallest absolute Gasteiger partial charge is 0.0443 e. The Kier molecular flexibility index (Phi) is 5.17. The Hall–Kier alpha value is -1.19. The minimum Gasteiger partial charge on any atom is -0.309 e. The highest BCUT2D eigenvalue weighted by Gasteiger charge is 2.24. The second-order valence-electron chi connectivity index (χ2n) is 6.30. The molecule has 2 atom stereocenters. The molecule has 21 heavy (non-hydrogen) atoms. The van der Waals surface area contributed by atoms with Crippen molar-refractivity contribution >= 4 is 21.6 Å². The molecule has 0 aliphatic heterocycles. The van der Waals surface area contributed by atoms with E-state index in [0.29, 0.717) is 5.75 Å². The van der Waals surface area contributed by atoms with E-state index in [1.54, 1.807) is 0 Å². The largest absolute Gasteiger partial charge is 0.309 e. The van der Waals surface area contributed by atoms with Gasteiger partial charge in [0.25, 0.3) is 0 Å². The third-order valence-corrected chi connectivity index (χ3v) is 5.65. The third-order valence-electron chi connectivity index (χ3n) is 3.65. The number of benzene rings is 2. The highest BCUT2D eigenvalue weighted by molar-refractivity contribution is 7.86. The average Bonchev–Trinajstić information content (AvgIpc) is 2.45. The molecule has 3 heteroatoms. The van der Waals surface area contributed by atoms with Crippen LogP contribution in [0.25, 0.3) is 10.8 Å². The summed E-state index contributed by atoms with van der Waals surface area (Å²) in [6.07, 6.45) is 0. The Labute approximate surface area is 130 Å². The Morgan fingerprint density at radius 1 is 1.10 bits per heavy atom. The van der Waals surface area contributed by atoms with Gasteiger partial charge in [0.05, 0.1) is 0 Å². The maximum atomic E-state index is 12.5. The zero-order valence-corrected chi connectivity index (χ0v) is 14.2. The molecule has 0 bridgehead atoms. The van der Waals surface area contributed by atoms with Crippen molar-refractivity contribution in [2.45, 2.75) is 38.5 Å². The fraction of sp³-hybridized carbons (Fsp3) is 0.444. The van der Waals surface area contributed by atoms with Gasteiger partial charge in [0.1, 0.15) is 0 Å². The summed E-state index contributed by atoms with van der Waals surface area (Å²) in [7, 11) is -0.875. The Morgan fingerprint density at radius 2 is 1.76 bits per heavy atom. The lowest BCUT2D eigenvalue weighted by atomic mass is 9.99. The van der Waals surface area contributed by atoms with Gasteiger partial charge >= 0.3 is 0 Å². The van der Waals surface area contributed by atoms with Crippen molar-refractivity contribution in [3.63, 3.8) is 0 Å². The van der Waals surface area contributed by atoms with Gasteiger partial charge in [-0.1, -0.05) is 49.4 Å². The first-order valence-electron chi connectivity index (χ1n) is 7.53. The van der Waals surface area contributed by atoms with E-state index >= 15 is 0 Å². The zero-order valence-electron chi connectivity index (χ0n) is 13.3. The van der Waals surface area contributed by atoms with Crippen molar-refractivity contribution in [3.05, 3.63) is 48.0 Å². The molecule has 2 aromatic carbocycles. The van der Waals surface area contributed by atoms with Crippen molar-refractivity contribution in [2.24, 2.45) is 0 Å². The van der Waals surface area contributed by atoms with Crippen LogP contribution in [0.5, 0.6) is 0 Å². The molecular weight excluding hydrogens is 278 g/mol. The lowest BCUT2D eigenvalue weighted by Gasteiger charge is -2.25. The molecule has 0 aliphatic rings. The summed E-state index contributed by atoms with van der Waals surface area (Å²) in [6.45, 7) is 9.08. The van der Waals surface area contributed by atoms with Crippen LogP contribution in [0.15, 0.2) is 42.5 Å². The average molecular weight is 303 g/mol. The molecule has 0 radical (unpaired) electrons. The lowest BCUT2D eigenvalue weighted by Crippen LogP contribution is -2.32. The summed E-state index contributed by atoms with van der Waals surface area (Å²) < 4.78 is 12.3. The predicted octanol–water partition coefficient (Wildman–Crippen LogP) is 4.04. The number of rotatable bonds is 5. The Bertz CT molecular complexity index is 625. The first kappa shape index (κ1) is 16.2. The van der Waals surface area contributed by atoms with E-state index in [1.165, 1.54) is 16.3 Å². The fourth-order valence-electron chi connectivity index (χ4n) is 2.46. The van der Waals surface area contributed by atoms with Crippen LogP contribution < -0.4 is 5.32 Å². The van der Waals surface area contributed by atoms with Crippen molar-refractivity contribution < 1.29 is 4.21 Å². The molecule has 0 fully saturated rings. The molecule has 0 saturated heterocycles. The summed E-state index contributed by atoms with van der Waals surface area (Å²) >= 11 is 0. The summed E-state index contributed by atoms with van der Waals surface area (Å²) in [5, 5.41) is 5.98. The molecular formula is C18H25NOS. The van der Waals surface area contributed by atoms with Crippen LogP contribution in [0.3, 0.4) is 0 Å². The zero-order chi connectivity index (χ0) is 15.5. The molecule has 1 N–H and O–H groups in total. The molecule has 2 aromatic rings. The quantitative estimate of drug-likeness (QED) is 0.903. The maximum Gasteiger partial charge on any atom is 0.0443 e. The topological polar surface area (TPSA) is 29.1 Å². The second kappa shape index (κ2) is 6.71. The van der Waals surface area contributed by atoms with Crippen LogP contribution in [0.1, 0.15) is 39.3 Å². The van der Waals surface area contributed by atoms with Gasteiger partial charge in [-0.25, -0.2) is 0 Å². The molecule has 0 amide bonds. The van der Waals surface area contributed by atoms with Gasteiger partial charge in [-0.05, 0) is 43.7 Å². The summed E-state index contributed by atoms with van der Waals surface area (Å²) in [5.74, 6) is 0.644. The van der Waals surface area contributed by atoms with E-state index < -0.39 is 10.8 Å². The van der Waals surface area contributed by atoms with Gasteiger partial charge in [-0.3, -0.25) is 4.21 Å². The number of nitrogens with one attached hydrogen (secondary N) is 1. The van der Waals surface area contributed by atoms with Crippen molar-refractivity contribution in [3.8, 4) is 0 Å². The SMILES string of the molecule is CCNC(CS(=O)C(C)(C)C)c1cccc2ccccc12. The van der Waals surface area contributed by atoms with Crippen molar-refractivity contribution in [1.29, 1.82) is 0 Å². The number of fused-ring (bicyclic) bond motifs is 1. The van der Waals surface area contributed by atoms with Crippen LogP contribution in [-0.2, 0) is 10.8 Å². The van der Waals surface area contributed by atoms with E-state index in [1.807, 2.05) is 20.8 Å². The standard InChI is InChI=1S/C18H25NOS/c1-5-19-17(13-21(20)18(2,3)4)16-12-8-10-14-9-6-7-11-15(14)16/h6-12,17,19H,5,13H2,1-4H3. The molecule has 0 spiro atoms. The lowest BCUT2D eigenvalue weighted by molar-refractivity contribution is 0.586. The van der Waals surface area contributed by atoms with E-state index in [0.717, 1.165) is 6.54 Å². The first-order chi connectivity index (χ1) is 9.93. The molecule has 2 unspecified atom stereocenters. The molecule has 0 saturated carbocycles. The minimum absolute atomic E-state index is 0.126. The monoisotopic (exact) mass is 303 g/mol. The summed E-state index contributed by atoms with van der Waals surface area (Å²) in [4.78, 5) is 0. The molecule has 0 aliphatic carbocycles. The molecule has 2 rings (SSSR count). The molecule has 114 valence electrons. The summed E-state index contributed by atoms with van der Waals surface area (Å²) in [5.41, 5.74) is 1.24. The van der Waals surface area contributed by atoms with Gasteiger partial charge in [0.2, 0.25) is 0 Å². The van der Waals surface area contributed by atoms with Gasteiger partial charge in [-0.2, -0.15) is 0 Å². The third kappa shape index (κ3) is 3.92. The molecule has 0 heterocycles.